The normalized spacial score (nSPS) is 17.6. The smallest absolute Gasteiger partial charge is 0.333 e. The monoisotopic (exact) mass is 374 g/mol. The maximum atomic E-state index is 12.9. The number of methoxy groups -OCH3 is 1. The highest BCUT2D eigenvalue weighted by Crippen LogP contribution is 2.43. The first-order chi connectivity index (χ1) is 13.7. The van der Waals surface area contributed by atoms with Gasteiger partial charge in [-0.15, -0.1) is 0 Å². The highest BCUT2D eigenvalue weighted by Gasteiger charge is 2.41. The van der Waals surface area contributed by atoms with Gasteiger partial charge in [-0.1, -0.05) is 78.9 Å². The van der Waals surface area contributed by atoms with Crippen LogP contribution in [-0.4, -0.2) is 23.3 Å². The summed E-state index contributed by atoms with van der Waals surface area (Å²) >= 11 is 0. The molecule has 0 saturated heterocycles. The minimum Gasteiger partial charge on any atom is -0.467 e. The lowest BCUT2D eigenvalue weighted by Crippen LogP contribution is -2.48. The Morgan fingerprint density at radius 1 is 0.964 bits per heavy atom. The van der Waals surface area contributed by atoms with Crippen molar-refractivity contribution in [3.05, 3.63) is 102 Å². The molecule has 0 amide bonds. The largest absolute Gasteiger partial charge is 0.467 e. The van der Waals surface area contributed by atoms with Crippen molar-refractivity contribution in [1.29, 1.82) is 0 Å². The van der Waals surface area contributed by atoms with Crippen molar-refractivity contribution in [3.63, 3.8) is 0 Å². The van der Waals surface area contributed by atoms with Crippen molar-refractivity contribution < 1.29 is 14.7 Å². The molecule has 3 aromatic rings. The number of carbonyl (C=O) groups is 1. The van der Waals surface area contributed by atoms with Gasteiger partial charge in [-0.2, -0.15) is 5.06 Å². The Bertz CT molecular complexity index is 946. The maximum absolute atomic E-state index is 12.9. The molecular weight excluding hydrogens is 352 g/mol. The lowest BCUT2D eigenvalue weighted by molar-refractivity contribution is -0.153. The Hall–Kier alpha value is -3.15. The van der Waals surface area contributed by atoms with E-state index in [1.165, 1.54) is 12.2 Å². The maximum Gasteiger partial charge on any atom is 0.333 e. The van der Waals surface area contributed by atoms with Gasteiger partial charge in [0, 0.05) is 5.69 Å². The van der Waals surface area contributed by atoms with E-state index in [-0.39, 0.29) is 5.97 Å². The molecule has 1 unspecified atom stereocenters. The van der Waals surface area contributed by atoms with Gasteiger partial charge in [-0.05, 0) is 22.8 Å². The van der Waals surface area contributed by atoms with Crippen LogP contribution in [0.5, 0.6) is 0 Å². The Kier molecular flexibility index (Phi) is 5.10. The van der Waals surface area contributed by atoms with Crippen molar-refractivity contribution in [2.45, 2.75) is 18.8 Å². The van der Waals surface area contributed by atoms with Gasteiger partial charge in [-0.25, -0.2) is 4.79 Å². The number of hydrogen-bond donors (Lipinski definition) is 1. The number of fused-ring (bicyclic) bond motifs is 1. The summed E-state index contributed by atoms with van der Waals surface area (Å²) in [4.78, 5) is 14.9. The Morgan fingerprint density at radius 2 is 1.57 bits per heavy atom. The van der Waals surface area contributed by atoms with Gasteiger partial charge < -0.3 is 14.8 Å². The van der Waals surface area contributed by atoms with E-state index in [1.54, 1.807) is 0 Å². The molecule has 1 aliphatic rings. The highest BCUT2D eigenvalue weighted by atomic mass is 16.5. The number of rotatable bonds is 4. The van der Waals surface area contributed by atoms with E-state index in [2.05, 4.69) is 0 Å². The topological polar surface area (TPSA) is 53.0 Å². The molecule has 4 rings (SSSR count). The third kappa shape index (κ3) is 3.26. The SMILES string of the molecule is COC(=O)C(c1ccccc1)N1c2ccccc2CN(O)[C@@H]1c1ccccc1. The van der Waals surface area contributed by atoms with E-state index in [0.29, 0.717) is 6.54 Å². The average molecular weight is 374 g/mol. The zero-order valence-corrected chi connectivity index (χ0v) is 15.6. The van der Waals surface area contributed by atoms with E-state index >= 15 is 0 Å². The van der Waals surface area contributed by atoms with Crippen LogP contribution in [0.25, 0.3) is 0 Å². The summed E-state index contributed by atoms with van der Waals surface area (Å²) < 4.78 is 5.17. The first-order valence-electron chi connectivity index (χ1n) is 9.20. The van der Waals surface area contributed by atoms with Gasteiger partial charge in [0.1, 0.15) is 6.17 Å². The molecule has 28 heavy (non-hydrogen) atoms. The molecule has 1 N–H and O–H groups in total. The molecule has 5 heteroatoms. The summed E-state index contributed by atoms with van der Waals surface area (Å²) in [5.41, 5.74) is 3.55. The predicted molar refractivity (Wildman–Crippen MR) is 107 cm³/mol. The second-order valence-corrected chi connectivity index (χ2v) is 6.75. The number of ether oxygens (including phenoxy) is 1. The van der Waals surface area contributed by atoms with Crippen LogP contribution in [0, 0.1) is 0 Å². The molecule has 1 heterocycles. The van der Waals surface area contributed by atoms with Crippen molar-refractivity contribution in [1.82, 2.24) is 5.06 Å². The highest BCUT2D eigenvalue weighted by molar-refractivity contribution is 5.83. The van der Waals surface area contributed by atoms with E-state index in [1.807, 2.05) is 89.8 Å². The van der Waals surface area contributed by atoms with E-state index < -0.39 is 12.2 Å². The third-order valence-corrected chi connectivity index (χ3v) is 5.06. The van der Waals surface area contributed by atoms with Crippen molar-refractivity contribution >= 4 is 11.7 Å². The number of hydrogen-bond acceptors (Lipinski definition) is 5. The second kappa shape index (κ2) is 7.84. The summed E-state index contributed by atoms with van der Waals surface area (Å²) in [7, 11) is 1.39. The Labute approximate surface area is 164 Å². The molecule has 5 nitrogen and oxygen atoms in total. The number of anilines is 1. The number of esters is 1. The number of carbonyl (C=O) groups excluding carboxylic acids is 1. The summed E-state index contributed by atoms with van der Waals surface area (Å²) in [6.45, 7) is 0.370. The molecule has 1 aliphatic heterocycles. The molecule has 0 aromatic heterocycles. The van der Waals surface area contributed by atoms with Crippen molar-refractivity contribution in [3.8, 4) is 0 Å². The third-order valence-electron chi connectivity index (χ3n) is 5.06. The molecule has 142 valence electrons. The van der Waals surface area contributed by atoms with E-state index in [0.717, 1.165) is 22.4 Å². The van der Waals surface area contributed by atoms with Crippen LogP contribution in [-0.2, 0) is 16.1 Å². The van der Waals surface area contributed by atoms with Crippen LogP contribution in [0.1, 0.15) is 28.9 Å². The van der Waals surface area contributed by atoms with Crippen LogP contribution in [0.3, 0.4) is 0 Å². The van der Waals surface area contributed by atoms with Crippen molar-refractivity contribution in [2.75, 3.05) is 12.0 Å². The fourth-order valence-corrected chi connectivity index (χ4v) is 3.83. The average Bonchev–Trinajstić information content (AvgIpc) is 2.75. The molecule has 0 fully saturated rings. The second-order valence-electron chi connectivity index (χ2n) is 6.75. The molecule has 0 spiro atoms. The number of benzene rings is 3. The summed E-state index contributed by atoms with van der Waals surface area (Å²) in [5.74, 6) is -0.378. The van der Waals surface area contributed by atoms with Crippen LogP contribution in [0.4, 0.5) is 5.69 Å². The van der Waals surface area contributed by atoms with Gasteiger partial charge in [-0.3, -0.25) is 0 Å². The van der Waals surface area contributed by atoms with Gasteiger partial charge in [0.25, 0.3) is 0 Å². The lowest BCUT2D eigenvalue weighted by Gasteiger charge is -2.46. The molecule has 2 atom stereocenters. The van der Waals surface area contributed by atoms with Gasteiger partial charge >= 0.3 is 5.97 Å². The standard InChI is InChI=1S/C23H22N2O3/c1-28-23(26)21(17-10-4-2-5-11-17)25-20-15-9-8-14-19(20)16-24(27)22(25)18-12-6-3-7-13-18/h2-15,21-22,27H,16H2,1H3/t21?,22-/m0/s1. The van der Waals surface area contributed by atoms with Crippen LogP contribution in [0.2, 0.25) is 0 Å². The van der Waals surface area contributed by atoms with Gasteiger partial charge in [0.05, 0.1) is 13.7 Å². The molecule has 0 saturated carbocycles. The minimum atomic E-state index is -0.701. The molecular formula is C23H22N2O3. The molecule has 3 aromatic carbocycles. The minimum absolute atomic E-state index is 0.370. The zero-order valence-electron chi connectivity index (χ0n) is 15.6. The lowest BCUT2D eigenvalue weighted by atomic mass is 9.97. The van der Waals surface area contributed by atoms with E-state index in [4.69, 9.17) is 4.74 Å². The number of para-hydroxylation sites is 1. The van der Waals surface area contributed by atoms with Gasteiger partial charge in [0.2, 0.25) is 0 Å². The number of nitrogens with zero attached hydrogens (tertiary/aromatic N) is 2. The van der Waals surface area contributed by atoms with Crippen LogP contribution in [0.15, 0.2) is 84.9 Å². The van der Waals surface area contributed by atoms with Crippen LogP contribution >= 0.6 is 0 Å². The summed E-state index contributed by atoms with van der Waals surface area (Å²) in [6, 6.07) is 26.3. The molecule has 0 aliphatic carbocycles. The molecule has 0 radical (unpaired) electrons. The Balaban J connectivity index is 1.93. The zero-order chi connectivity index (χ0) is 19.5. The predicted octanol–water partition coefficient (Wildman–Crippen LogP) is 4.31. The summed E-state index contributed by atoms with van der Waals surface area (Å²) in [6.07, 6.45) is -0.527. The fraction of sp³-hybridized carbons (Fsp3) is 0.174. The first kappa shape index (κ1) is 18.2. The quantitative estimate of drug-likeness (QED) is 0.690. The van der Waals surface area contributed by atoms with Gasteiger partial charge in [0.15, 0.2) is 6.04 Å². The van der Waals surface area contributed by atoms with Crippen molar-refractivity contribution in [2.24, 2.45) is 0 Å². The summed E-state index contributed by atoms with van der Waals surface area (Å²) in [5, 5.41) is 12.2. The van der Waals surface area contributed by atoms with E-state index in [9.17, 15) is 10.0 Å². The first-order valence-corrected chi connectivity index (χ1v) is 9.20. The molecule has 0 bridgehead atoms. The Morgan fingerprint density at radius 3 is 2.25 bits per heavy atom. The fourth-order valence-electron chi connectivity index (χ4n) is 3.83. The van der Waals surface area contributed by atoms with Crippen LogP contribution < -0.4 is 4.90 Å². The number of hydroxylamine groups is 2.